The van der Waals surface area contributed by atoms with Crippen LogP contribution in [0.5, 0.6) is 0 Å². The van der Waals surface area contributed by atoms with Gasteiger partial charge in [0.05, 0.1) is 7.11 Å². The zero-order valence-corrected chi connectivity index (χ0v) is 29.1. The normalized spacial score (nSPS) is 20.8. The SMILES string of the molecule is C=C([C@H](C)Cc1cccc(C)c1)N1CCN(C2CCN(C)CC2)CC1.COC(=O)N1CCC(N2CCc3ccccc3NC2=O)CC1. The summed E-state index contributed by atoms with van der Waals surface area (Å²) in [7, 11) is 3.64. The van der Waals surface area contributed by atoms with E-state index in [0.29, 0.717) is 25.6 Å². The molecule has 0 aliphatic carbocycles. The lowest BCUT2D eigenvalue weighted by atomic mass is 9.96. The van der Waals surface area contributed by atoms with Crippen LogP contribution in [-0.2, 0) is 17.6 Å². The number of nitrogens with zero attached hydrogens (tertiary/aromatic N) is 5. The van der Waals surface area contributed by atoms with Crippen molar-refractivity contribution in [1.82, 2.24) is 24.5 Å². The Kier molecular flexibility index (Phi) is 12.2. The number of allylic oxidation sites excluding steroid dienone is 1. The molecule has 4 aliphatic rings. The average molecular weight is 645 g/mol. The Morgan fingerprint density at radius 2 is 1.57 bits per heavy atom. The van der Waals surface area contributed by atoms with E-state index in [9.17, 15) is 9.59 Å². The van der Waals surface area contributed by atoms with Crippen LogP contribution in [0, 0.1) is 12.8 Å². The van der Waals surface area contributed by atoms with Gasteiger partial charge >= 0.3 is 12.1 Å². The fraction of sp³-hybridized carbons (Fsp3) is 0.579. The van der Waals surface area contributed by atoms with Crippen molar-refractivity contribution >= 4 is 17.8 Å². The number of aryl methyl sites for hydroxylation is 1. The summed E-state index contributed by atoms with van der Waals surface area (Å²) in [4.78, 5) is 35.3. The Hall–Kier alpha value is -3.56. The van der Waals surface area contributed by atoms with Gasteiger partial charge in [-0.25, -0.2) is 9.59 Å². The third-order valence-corrected chi connectivity index (χ3v) is 10.6. The molecule has 0 unspecified atom stereocenters. The van der Waals surface area contributed by atoms with Gasteiger partial charge in [-0.15, -0.1) is 0 Å². The molecule has 4 aliphatic heterocycles. The predicted octanol–water partition coefficient (Wildman–Crippen LogP) is 5.71. The van der Waals surface area contributed by atoms with E-state index in [4.69, 9.17) is 4.74 Å². The molecule has 0 spiro atoms. The number of carbonyl (C=O) groups excluding carboxylic acids is 2. The summed E-state index contributed by atoms with van der Waals surface area (Å²) in [5, 5.41) is 3.00. The number of methoxy groups -OCH3 is 1. The second-order valence-electron chi connectivity index (χ2n) is 13.9. The lowest BCUT2D eigenvalue weighted by Gasteiger charge is -2.44. The van der Waals surface area contributed by atoms with E-state index < -0.39 is 0 Å². The van der Waals surface area contributed by atoms with Gasteiger partial charge in [0, 0.05) is 69.3 Å². The standard InChI is InChI=1S/C22H35N3.C16H21N3O3/c1-18-6-5-7-21(16-18)17-19(2)20(3)24-12-14-25(15-13-24)22-8-10-23(4)11-9-22;1-22-16(21)18-9-7-13(8-10-18)19-11-6-12-4-2-3-5-14(12)17-15(19)20/h5-7,16,19,22H,3,8-15,17H2,1-2,4H3;2-5,13H,6-11H2,1H3,(H,17,20)/t19-;/m1./s1. The molecule has 2 aromatic rings. The number of likely N-dealkylation sites (tertiary alicyclic amines) is 2. The second-order valence-corrected chi connectivity index (χ2v) is 13.9. The highest BCUT2D eigenvalue weighted by atomic mass is 16.5. The van der Waals surface area contributed by atoms with E-state index in [0.717, 1.165) is 50.5 Å². The van der Waals surface area contributed by atoms with E-state index in [2.05, 4.69) is 77.8 Å². The van der Waals surface area contributed by atoms with Crippen molar-refractivity contribution < 1.29 is 14.3 Å². The van der Waals surface area contributed by atoms with Crippen LogP contribution in [0.3, 0.4) is 0 Å². The summed E-state index contributed by atoms with van der Waals surface area (Å²) >= 11 is 0. The molecule has 3 fully saturated rings. The second kappa shape index (κ2) is 16.5. The van der Waals surface area contributed by atoms with Gasteiger partial charge in [0.2, 0.25) is 0 Å². The number of piperidine rings is 2. The van der Waals surface area contributed by atoms with Gasteiger partial charge < -0.3 is 29.7 Å². The number of para-hydroxylation sites is 1. The zero-order valence-electron chi connectivity index (χ0n) is 29.1. The molecular weight excluding hydrogens is 588 g/mol. The third-order valence-electron chi connectivity index (χ3n) is 10.6. The van der Waals surface area contributed by atoms with Crippen molar-refractivity contribution in [3.05, 3.63) is 77.5 Å². The molecule has 3 saturated heterocycles. The number of ether oxygens (including phenoxy) is 1. The maximum Gasteiger partial charge on any atom is 0.409 e. The molecule has 0 bridgehead atoms. The number of fused-ring (bicyclic) bond motifs is 1. The van der Waals surface area contributed by atoms with Crippen LogP contribution in [-0.4, -0.2) is 122 Å². The predicted molar refractivity (Wildman–Crippen MR) is 190 cm³/mol. The molecule has 2 aromatic carbocycles. The van der Waals surface area contributed by atoms with Gasteiger partial charge in [0.15, 0.2) is 0 Å². The first-order chi connectivity index (χ1) is 22.7. The van der Waals surface area contributed by atoms with Crippen LogP contribution < -0.4 is 5.32 Å². The molecule has 1 atom stereocenters. The highest BCUT2D eigenvalue weighted by molar-refractivity contribution is 5.91. The van der Waals surface area contributed by atoms with Crippen LogP contribution in [0.2, 0.25) is 0 Å². The fourth-order valence-corrected chi connectivity index (χ4v) is 7.58. The first kappa shape index (κ1) is 34.8. The van der Waals surface area contributed by atoms with Crippen LogP contribution >= 0.6 is 0 Å². The van der Waals surface area contributed by atoms with Crippen molar-refractivity contribution in [2.45, 2.75) is 64.5 Å². The topological polar surface area (TPSA) is 71.6 Å². The molecule has 0 aromatic heterocycles. The van der Waals surface area contributed by atoms with Crippen molar-refractivity contribution in [2.24, 2.45) is 5.92 Å². The maximum atomic E-state index is 12.5. The van der Waals surface area contributed by atoms with E-state index in [-0.39, 0.29) is 18.2 Å². The van der Waals surface area contributed by atoms with E-state index in [1.807, 2.05) is 23.1 Å². The maximum absolute atomic E-state index is 12.5. The summed E-state index contributed by atoms with van der Waals surface area (Å²) in [6, 6.07) is 17.8. The molecule has 0 radical (unpaired) electrons. The zero-order chi connectivity index (χ0) is 33.3. The highest BCUT2D eigenvalue weighted by Gasteiger charge is 2.32. The Labute approximate surface area is 282 Å². The number of rotatable bonds is 6. The number of hydrogen-bond donors (Lipinski definition) is 1. The lowest BCUT2D eigenvalue weighted by molar-refractivity contribution is 0.0733. The van der Waals surface area contributed by atoms with Crippen LogP contribution in [0.25, 0.3) is 0 Å². The number of amides is 3. The summed E-state index contributed by atoms with van der Waals surface area (Å²) < 4.78 is 4.75. The number of urea groups is 1. The molecule has 4 heterocycles. The first-order valence-electron chi connectivity index (χ1n) is 17.6. The average Bonchev–Trinajstić information content (AvgIpc) is 3.26. The molecule has 0 saturated carbocycles. The van der Waals surface area contributed by atoms with Gasteiger partial charge in [0.25, 0.3) is 0 Å². The number of anilines is 1. The minimum Gasteiger partial charge on any atom is -0.453 e. The Morgan fingerprint density at radius 3 is 2.26 bits per heavy atom. The Bertz CT molecular complexity index is 1340. The first-order valence-corrected chi connectivity index (χ1v) is 17.6. The van der Waals surface area contributed by atoms with Gasteiger partial charge in [0.1, 0.15) is 0 Å². The van der Waals surface area contributed by atoms with Crippen molar-refractivity contribution in [2.75, 3.05) is 78.4 Å². The highest BCUT2D eigenvalue weighted by Crippen LogP contribution is 2.26. The minimum atomic E-state index is -0.286. The van der Waals surface area contributed by atoms with Crippen LogP contribution in [0.1, 0.15) is 49.3 Å². The number of hydrogen-bond acceptors (Lipinski definition) is 6. The van der Waals surface area contributed by atoms with E-state index in [1.54, 1.807) is 4.90 Å². The third kappa shape index (κ3) is 9.29. The number of carbonyl (C=O) groups is 2. The largest absolute Gasteiger partial charge is 0.453 e. The summed E-state index contributed by atoms with van der Waals surface area (Å²) in [5.74, 6) is 0.511. The monoisotopic (exact) mass is 644 g/mol. The molecule has 47 heavy (non-hydrogen) atoms. The van der Waals surface area contributed by atoms with E-state index in [1.165, 1.54) is 68.5 Å². The molecular formula is C38H56N6O3. The quantitative estimate of drug-likeness (QED) is 0.435. The molecule has 256 valence electrons. The summed E-state index contributed by atoms with van der Waals surface area (Å²) in [6.07, 6.45) is 5.91. The molecule has 6 rings (SSSR count). The number of benzene rings is 2. The minimum absolute atomic E-state index is 0.0403. The van der Waals surface area contributed by atoms with Gasteiger partial charge in [-0.2, -0.15) is 0 Å². The molecule has 9 heteroatoms. The molecule has 1 N–H and O–H groups in total. The van der Waals surface area contributed by atoms with Gasteiger partial charge in [-0.3, -0.25) is 4.90 Å². The van der Waals surface area contributed by atoms with Crippen LogP contribution in [0.4, 0.5) is 15.3 Å². The molecule has 9 nitrogen and oxygen atoms in total. The Balaban J connectivity index is 0.000000186. The van der Waals surface area contributed by atoms with Crippen LogP contribution in [0.15, 0.2) is 60.8 Å². The number of piperazine rings is 1. The van der Waals surface area contributed by atoms with Crippen molar-refractivity contribution in [1.29, 1.82) is 0 Å². The molecule has 3 amide bonds. The lowest BCUT2D eigenvalue weighted by Crippen LogP contribution is -2.52. The van der Waals surface area contributed by atoms with Gasteiger partial charge in [-0.05, 0) is 88.7 Å². The fourth-order valence-electron chi connectivity index (χ4n) is 7.58. The van der Waals surface area contributed by atoms with Gasteiger partial charge in [-0.1, -0.05) is 61.5 Å². The van der Waals surface area contributed by atoms with E-state index >= 15 is 0 Å². The smallest absolute Gasteiger partial charge is 0.409 e. The summed E-state index contributed by atoms with van der Waals surface area (Å²) in [5.41, 5.74) is 6.18. The van der Waals surface area contributed by atoms with Crippen molar-refractivity contribution in [3.63, 3.8) is 0 Å². The Morgan fingerprint density at radius 1 is 0.894 bits per heavy atom. The summed E-state index contributed by atoms with van der Waals surface area (Å²) in [6.45, 7) is 18.1. The van der Waals surface area contributed by atoms with Crippen molar-refractivity contribution in [3.8, 4) is 0 Å². The number of nitrogens with one attached hydrogen (secondary N) is 1.